The lowest BCUT2D eigenvalue weighted by Crippen LogP contribution is -1.89. The van der Waals surface area contributed by atoms with Gasteiger partial charge in [0.1, 0.15) is 0 Å². The molecule has 1 aliphatic rings. The van der Waals surface area contributed by atoms with Crippen LogP contribution >= 0.6 is 15.9 Å². The number of nitrogens with two attached hydrogens (primary N) is 1. The van der Waals surface area contributed by atoms with E-state index in [1.165, 1.54) is 22.3 Å². The van der Waals surface area contributed by atoms with E-state index < -0.39 is 0 Å². The van der Waals surface area contributed by atoms with Crippen molar-refractivity contribution in [1.82, 2.24) is 0 Å². The highest BCUT2D eigenvalue weighted by atomic mass is 79.9. The van der Waals surface area contributed by atoms with Crippen molar-refractivity contribution < 1.29 is 0 Å². The molecule has 2 heteroatoms. The van der Waals surface area contributed by atoms with Crippen molar-refractivity contribution in [2.45, 2.75) is 4.83 Å². The first-order valence-corrected chi connectivity index (χ1v) is 5.82. The molecule has 2 aromatic carbocycles. The van der Waals surface area contributed by atoms with Crippen LogP contribution in [0.4, 0.5) is 5.69 Å². The van der Waals surface area contributed by atoms with Crippen LogP contribution in [-0.4, -0.2) is 0 Å². The van der Waals surface area contributed by atoms with E-state index in [1.807, 2.05) is 6.07 Å². The van der Waals surface area contributed by atoms with Crippen molar-refractivity contribution >= 4 is 21.6 Å². The molecule has 0 saturated carbocycles. The molecule has 1 nitrogen and oxygen atoms in total. The van der Waals surface area contributed by atoms with E-state index >= 15 is 0 Å². The molecular formula is C13H10BrN. The van der Waals surface area contributed by atoms with E-state index in [1.54, 1.807) is 0 Å². The van der Waals surface area contributed by atoms with Gasteiger partial charge in [-0.25, -0.2) is 0 Å². The molecule has 3 rings (SSSR count). The number of benzene rings is 2. The molecule has 0 spiro atoms. The highest BCUT2D eigenvalue weighted by Crippen LogP contribution is 2.48. The monoisotopic (exact) mass is 259 g/mol. The molecule has 15 heavy (non-hydrogen) atoms. The molecule has 2 N–H and O–H groups in total. The van der Waals surface area contributed by atoms with Crippen LogP contribution in [0.15, 0.2) is 42.5 Å². The largest absolute Gasteiger partial charge is 0.399 e. The highest BCUT2D eigenvalue weighted by Gasteiger charge is 2.25. The van der Waals surface area contributed by atoms with E-state index in [4.69, 9.17) is 5.73 Å². The summed E-state index contributed by atoms with van der Waals surface area (Å²) in [6, 6.07) is 14.6. The van der Waals surface area contributed by atoms with Gasteiger partial charge in [0.2, 0.25) is 0 Å². The highest BCUT2D eigenvalue weighted by molar-refractivity contribution is 9.09. The van der Waals surface area contributed by atoms with Crippen LogP contribution in [0.1, 0.15) is 16.0 Å². The van der Waals surface area contributed by atoms with Crippen LogP contribution in [0.25, 0.3) is 11.1 Å². The normalized spacial score (nSPS) is 17.3. The Morgan fingerprint density at radius 3 is 2.53 bits per heavy atom. The zero-order valence-corrected chi connectivity index (χ0v) is 9.66. The predicted octanol–water partition coefficient (Wildman–Crippen LogP) is 3.73. The van der Waals surface area contributed by atoms with Crippen molar-refractivity contribution in [3.05, 3.63) is 53.6 Å². The van der Waals surface area contributed by atoms with Crippen LogP contribution < -0.4 is 5.73 Å². The molecule has 1 aliphatic carbocycles. The minimum atomic E-state index is 0.284. The summed E-state index contributed by atoms with van der Waals surface area (Å²) in [4.78, 5) is 0.284. The number of nitrogen functional groups attached to an aromatic ring is 1. The number of anilines is 1. The second kappa shape index (κ2) is 3.11. The molecule has 0 amide bonds. The standard InChI is InChI=1S/C13H10BrN/c14-13-11-4-2-1-3-9(11)10-6-5-8(15)7-12(10)13/h1-7,13H,15H2/t13-/m0/s1. The zero-order chi connectivity index (χ0) is 10.4. The van der Waals surface area contributed by atoms with Crippen molar-refractivity contribution in [1.29, 1.82) is 0 Å². The van der Waals surface area contributed by atoms with E-state index in [0.717, 1.165) is 5.69 Å². The average Bonchev–Trinajstić information content (AvgIpc) is 2.54. The van der Waals surface area contributed by atoms with Crippen molar-refractivity contribution in [2.75, 3.05) is 5.73 Å². The molecule has 0 radical (unpaired) electrons. The van der Waals surface area contributed by atoms with Crippen LogP contribution in [-0.2, 0) is 0 Å². The Kier molecular flexibility index (Phi) is 1.86. The third kappa shape index (κ3) is 1.21. The van der Waals surface area contributed by atoms with Crippen molar-refractivity contribution in [2.24, 2.45) is 0 Å². The topological polar surface area (TPSA) is 26.0 Å². The summed E-state index contributed by atoms with van der Waals surface area (Å²) in [6.45, 7) is 0. The van der Waals surface area contributed by atoms with Gasteiger partial charge in [0.15, 0.2) is 0 Å². The van der Waals surface area contributed by atoms with Crippen LogP contribution in [0, 0.1) is 0 Å². The van der Waals surface area contributed by atoms with Gasteiger partial charge in [-0.05, 0) is 34.4 Å². The quantitative estimate of drug-likeness (QED) is 0.566. The molecule has 0 saturated heterocycles. The fraction of sp³-hybridized carbons (Fsp3) is 0.0769. The van der Waals surface area contributed by atoms with E-state index in [9.17, 15) is 0 Å². The van der Waals surface area contributed by atoms with Crippen LogP contribution in [0.2, 0.25) is 0 Å². The second-order valence-corrected chi connectivity index (χ2v) is 4.71. The number of hydrogen-bond donors (Lipinski definition) is 1. The van der Waals surface area contributed by atoms with Gasteiger partial charge in [0.05, 0.1) is 4.83 Å². The lowest BCUT2D eigenvalue weighted by atomic mass is 10.1. The Bertz CT molecular complexity index is 534. The average molecular weight is 260 g/mol. The van der Waals surface area contributed by atoms with E-state index in [-0.39, 0.29) is 4.83 Å². The van der Waals surface area contributed by atoms with Crippen LogP contribution in [0.3, 0.4) is 0 Å². The summed E-state index contributed by atoms with van der Waals surface area (Å²) < 4.78 is 0. The molecule has 2 aromatic rings. The first kappa shape index (κ1) is 8.98. The van der Waals surface area contributed by atoms with E-state index in [0.29, 0.717) is 0 Å². The van der Waals surface area contributed by atoms with Crippen molar-refractivity contribution in [3.63, 3.8) is 0 Å². The summed E-state index contributed by atoms with van der Waals surface area (Å²) in [5, 5.41) is 0. The Morgan fingerprint density at radius 1 is 0.933 bits per heavy atom. The lowest BCUT2D eigenvalue weighted by molar-refractivity contribution is 1.25. The SMILES string of the molecule is Nc1ccc2c(c1)[C@@H](Br)c1ccccc1-2. The molecule has 74 valence electrons. The molecule has 0 aromatic heterocycles. The minimum Gasteiger partial charge on any atom is -0.399 e. The maximum Gasteiger partial charge on any atom is 0.0657 e. The molecule has 0 unspecified atom stereocenters. The summed E-state index contributed by atoms with van der Waals surface area (Å²) >= 11 is 3.71. The van der Waals surface area contributed by atoms with Gasteiger partial charge in [0, 0.05) is 5.69 Å². The predicted molar refractivity (Wildman–Crippen MR) is 67.1 cm³/mol. The molecular weight excluding hydrogens is 250 g/mol. The van der Waals surface area contributed by atoms with Gasteiger partial charge in [-0.3, -0.25) is 0 Å². The smallest absolute Gasteiger partial charge is 0.0657 e. The third-order valence-electron chi connectivity index (χ3n) is 2.87. The third-order valence-corrected chi connectivity index (χ3v) is 3.86. The van der Waals surface area contributed by atoms with Gasteiger partial charge in [-0.15, -0.1) is 0 Å². The van der Waals surface area contributed by atoms with Gasteiger partial charge in [0.25, 0.3) is 0 Å². The second-order valence-electron chi connectivity index (χ2n) is 3.80. The Labute approximate surface area is 97.1 Å². The van der Waals surface area contributed by atoms with Crippen LogP contribution in [0.5, 0.6) is 0 Å². The Balaban J connectivity index is 2.32. The molecule has 0 bridgehead atoms. The number of hydrogen-bond acceptors (Lipinski definition) is 1. The minimum absolute atomic E-state index is 0.284. The number of fused-ring (bicyclic) bond motifs is 3. The molecule has 1 atom stereocenters. The Morgan fingerprint density at radius 2 is 1.67 bits per heavy atom. The first-order chi connectivity index (χ1) is 7.27. The summed E-state index contributed by atoms with van der Waals surface area (Å²) in [5.74, 6) is 0. The van der Waals surface area contributed by atoms with Gasteiger partial charge in [-0.2, -0.15) is 0 Å². The fourth-order valence-electron chi connectivity index (χ4n) is 2.17. The number of rotatable bonds is 0. The van der Waals surface area contributed by atoms with Gasteiger partial charge in [-0.1, -0.05) is 46.3 Å². The number of alkyl halides is 1. The Hall–Kier alpha value is -1.28. The van der Waals surface area contributed by atoms with Gasteiger partial charge < -0.3 is 5.73 Å². The fourth-order valence-corrected chi connectivity index (χ4v) is 2.95. The zero-order valence-electron chi connectivity index (χ0n) is 8.07. The lowest BCUT2D eigenvalue weighted by Gasteiger charge is -2.04. The molecule has 0 fully saturated rings. The molecule has 0 aliphatic heterocycles. The van der Waals surface area contributed by atoms with E-state index in [2.05, 4.69) is 52.3 Å². The summed E-state index contributed by atoms with van der Waals surface area (Å²) in [5.41, 5.74) is 11.8. The van der Waals surface area contributed by atoms with Crippen molar-refractivity contribution in [3.8, 4) is 11.1 Å². The van der Waals surface area contributed by atoms with Gasteiger partial charge >= 0.3 is 0 Å². The summed E-state index contributed by atoms with van der Waals surface area (Å²) in [6.07, 6.45) is 0. The maximum absolute atomic E-state index is 5.81. The maximum atomic E-state index is 5.81. The molecule has 0 heterocycles. The summed E-state index contributed by atoms with van der Waals surface area (Å²) in [7, 11) is 0. The first-order valence-electron chi connectivity index (χ1n) is 4.90. The number of halogens is 1.